The molecule has 48 heavy (non-hydrogen) atoms. The normalized spacial score (nSPS) is 11.3. The highest BCUT2D eigenvalue weighted by molar-refractivity contribution is 7.20. The zero-order chi connectivity index (χ0) is 32.5. The molecule has 0 fully saturated rings. The zero-order valence-electron chi connectivity index (χ0n) is 26.1. The number of nitriles is 2. The molecule has 0 N–H and O–H groups in total. The van der Waals surface area contributed by atoms with Crippen LogP contribution < -0.4 is 20.7 Å². The minimum atomic E-state index is -2.93. The van der Waals surface area contributed by atoms with Crippen LogP contribution in [-0.2, 0) is 0 Å². The highest BCUT2D eigenvalue weighted by Gasteiger charge is 2.43. The van der Waals surface area contributed by atoms with Crippen molar-refractivity contribution in [3.8, 4) is 29.0 Å². The van der Waals surface area contributed by atoms with Crippen molar-refractivity contribution in [2.75, 3.05) is 0 Å². The van der Waals surface area contributed by atoms with Crippen LogP contribution in [0.25, 0.3) is 38.6 Å². The molecule has 0 aliphatic heterocycles. The number of para-hydroxylation sites is 2. The topological polar surface area (TPSA) is 52.5 Å². The molecule has 0 saturated carbocycles. The van der Waals surface area contributed by atoms with E-state index in [9.17, 15) is 10.5 Å². The molecule has 0 saturated heterocycles. The Balaban J connectivity index is 1.46. The lowest BCUT2D eigenvalue weighted by atomic mass is 9.95. The van der Waals surface area contributed by atoms with Crippen LogP contribution in [0.15, 0.2) is 176 Å². The standard InChI is InChI=1S/C44H29N3Si/c45-30-39-35(28-29-43(40(39)31-46)47-41-25-13-10-22-36(41)37-23-11-14-26-42(37)47)38-24-12-15-27-44(38)48(32-16-4-1-5-17-32,33-18-6-2-7-19-33)34-20-8-3-9-21-34/h1-29H. The fraction of sp³-hybridized carbons (Fsp3) is 0. The number of benzene rings is 7. The molecule has 0 aliphatic carbocycles. The van der Waals surface area contributed by atoms with Gasteiger partial charge in [0.15, 0.2) is 8.07 Å². The van der Waals surface area contributed by atoms with E-state index in [1.54, 1.807) is 0 Å². The molecule has 8 aromatic rings. The van der Waals surface area contributed by atoms with Crippen molar-refractivity contribution in [1.29, 1.82) is 10.5 Å². The van der Waals surface area contributed by atoms with E-state index < -0.39 is 8.07 Å². The summed E-state index contributed by atoms with van der Waals surface area (Å²) in [7, 11) is -2.93. The molecule has 0 aliphatic rings. The third-order valence-electron chi connectivity index (χ3n) is 9.47. The Bertz CT molecular complexity index is 2370. The molecule has 0 spiro atoms. The van der Waals surface area contributed by atoms with Gasteiger partial charge in [0.25, 0.3) is 0 Å². The lowest BCUT2D eigenvalue weighted by Gasteiger charge is -2.36. The third-order valence-corrected chi connectivity index (χ3v) is 14.3. The van der Waals surface area contributed by atoms with Gasteiger partial charge in [0.1, 0.15) is 12.1 Å². The molecule has 1 aromatic heterocycles. The number of rotatable bonds is 6. The average Bonchev–Trinajstić information content (AvgIpc) is 3.50. The Kier molecular flexibility index (Phi) is 7.27. The van der Waals surface area contributed by atoms with Crippen molar-refractivity contribution in [1.82, 2.24) is 4.57 Å². The molecule has 7 aromatic carbocycles. The molecule has 1 heterocycles. The summed E-state index contributed by atoms with van der Waals surface area (Å²) in [5, 5.41) is 28.8. The summed E-state index contributed by atoms with van der Waals surface area (Å²) >= 11 is 0. The Morgan fingerprint density at radius 3 is 1.33 bits per heavy atom. The van der Waals surface area contributed by atoms with Crippen molar-refractivity contribution in [2.24, 2.45) is 0 Å². The Morgan fingerprint density at radius 1 is 0.396 bits per heavy atom. The Hall–Kier alpha value is -6.46. The van der Waals surface area contributed by atoms with Crippen LogP contribution in [0.3, 0.4) is 0 Å². The van der Waals surface area contributed by atoms with Gasteiger partial charge in [0.2, 0.25) is 0 Å². The van der Waals surface area contributed by atoms with Crippen molar-refractivity contribution >= 4 is 50.6 Å². The Morgan fingerprint density at radius 2 is 0.833 bits per heavy atom. The number of fused-ring (bicyclic) bond motifs is 3. The van der Waals surface area contributed by atoms with E-state index in [0.717, 1.165) is 32.9 Å². The first-order chi connectivity index (χ1) is 23.8. The third kappa shape index (κ3) is 4.40. The van der Waals surface area contributed by atoms with Crippen molar-refractivity contribution in [3.05, 3.63) is 187 Å². The summed E-state index contributed by atoms with van der Waals surface area (Å²) in [4.78, 5) is 0. The van der Waals surface area contributed by atoms with Gasteiger partial charge in [0.05, 0.1) is 27.8 Å². The molecule has 0 bridgehead atoms. The predicted octanol–water partition coefficient (Wildman–Crippen LogP) is 7.57. The van der Waals surface area contributed by atoms with Crippen molar-refractivity contribution in [2.45, 2.75) is 0 Å². The number of hydrogen-bond donors (Lipinski definition) is 0. The van der Waals surface area contributed by atoms with E-state index in [1.165, 1.54) is 20.7 Å². The molecular formula is C44H29N3Si. The molecule has 0 unspecified atom stereocenters. The molecule has 0 atom stereocenters. The van der Waals surface area contributed by atoms with E-state index in [2.05, 4.69) is 150 Å². The van der Waals surface area contributed by atoms with Gasteiger partial charge in [-0.25, -0.2) is 0 Å². The highest BCUT2D eigenvalue weighted by Crippen LogP contribution is 2.36. The van der Waals surface area contributed by atoms with Crippen LogP contribution >= 0.6 is 0 Å². The van der Waals surface area contributed by atoms with Crippen LogP contribution in [0, 0.1) is 22.7 Å². The molecule has 8 rings (SSSR count). The summed E-state index contributed by atoms with van der Waals surface area (Å²) in [5.74, 6) is 0. The quantitative estimate of drug-likeness (QED) is 0.141. The summed E-state index contributed by atoms with van der Waals surface area (Å²) in [6.45, 7) is 0. The van der Waals surface area contributed by atoms with Crippen molar-refractivity contribution in [3.63, 3.8) is 0 Å². The fourth-order valence-electron chi connectivity index (χ4n) is 7.49. The van der Waals surface area contributed by atoms with Crippen LogP contribution in [0.4, 0.5) is 0 Å². The lowest BCUT2D eigenvalue weighted by molar-refractivity contribution is 1.16. The van der Waals surface area contributed by atoms with E-state index in [0.29, 0.717) is 16.8 Å². The van der Waals surface area contributed by atoms with E-state index in [-0.39, 0.29) is 0 Å². The van der Waals surface area contributed by atoms with E-state index in [1.807, 2.05) is 42.5 Å². The SMILES string of the molecule is N#Cc1c(-c2ccccc2[Si](c2ccccc2)(c2ccccc2)c2ccccc2)ccc(-n2c3ccccc3c3ccccc32)c1C#N. The van der Waals surface area contributed by atoms with Gasteiger partial charge in [-0.15, -0.1) is 0 Å². The smallest absolute Gasteiger partial charge is 0.180 e. The van der Waals surface area contributed by atoms with Gasteiger partial charge in [-0.05, 0) is 44.5 Å². The molecule has 3 nitrogen and oxygen atoms in total. The largest absolute Gasteiger partial charge is 0.308 e. The van der Waals surface area contributed by atoms with Gasteiger partial charge in [-0.2, -0.15) is 10.5 Å². The summed E-state index contributed by atoms with van der Waals surface area (Å²) in [6, 6.07) is 66.2. The first kappa shape index (κ1) is 29.0. The molecular weight excluding hydrogens is 599 g/mol. The fourth-order valence-corrected chi connectivity index (χ4v) is 12.5. The molecule has 0 radical (unpaired) electrons. The molecule has 224 valence electrons. The second-order valence-corrected chi connectivity index (χ2v) is 15.6. The van der Waals surface area contributed by atoms with Crippen LogP contribution in [0.1, 0.15) is 11.1 Å². The van der Waals surface area contributed by atoms with E-state index >= 15 is 0 Å². The lowest BCUT2D eigenvalue weighted by Crippen LogP contribution is -2.75. The summed E-state index contributed by atoms with van der Waals surface area (Å²) in [5.41, 5.74) is 5.15. The monoisotopic (exact) mass is 627 g/mol. The highest BCUT2D eigenvalue weighted by atomic mass is 28.3. The summed E-state index contributed by atoms with van der Waals surface area (Å²) in [6.07, 6.45) is 0. The van der Waals surface area contributed by atoms with E-state index in [4.69, 9.17) is 0 Å². The van der Waals surface area contributed by atoms with Crippen molar-refractivity contribution < 1.29 is 0 Å². The van der Waals surface area contributed by atoms with Crippen LogP contribution in [-0.4, -0.2) is 12.6 Å². The second-order valence-electron chi connectivity index (χ2n) is 11.9. The minimum absolute atomic E-state index is 0.364. The van der Waals surface area contributed by atoms with Crippen LogP contribution in [0.2, 0.25) is 0 Å². The zero-order valence-corrected chi connectivity index (χ0v) is 27.1. The second kappa shape index (κ2) is 12.0. The first-order valence-corrected chi connectivity index (χ1v) is 18.0. The predicted molar refractivity (Wildman–Crippen MR) is 199 cm³/mol. The molecule has 0 amide bonds. The summed E-state index contributed by atoms with van der Waals surface area (Å²) < 4.78 is 2.12. The first-order valence-electron chi connectivity index (χ1n) is 16.0. The average molecular weight is 628 g/mol. The maximum atomic E-state index is 10.9. The van der Waals surface area contributed by atoms with Gasteiger partial charge in [-0.3, -0.25) is 0 Å². The number of hydrogen-bond acceptors (Lipinski definition) is 2. The van der Waals surface area contributed by atoms with Gasteiger partial charge in [-0.1, -0.05) is 158 Å². The van der Waals surface area contributed by atoms with Crippen LogP contribution in [0.5, 0.6) is 0 Å². The van der Waals surface area contributed by atoms with Gasteiger partial charge < -0.3 is 4.57 Å². The number of nitrogens with zero attached hydrogens (tertiary/aromatic N) is 3. The maximum absolute atomic E-state index is 10.9. The maximum Gasteiger partial charge on any atom is 0.180 e. The minimum Gasteiger partial charge on any atom is -0.308 e. The number of aromatic nitrogens is 1. The Labute approximate surface area is 280 Å². The van der Waals surface area contributed by atoms with Gasteiger partial charge >= 0.3 is 0 Å². The van der Waals surface area contributed by atoms with Gasteiger partial charge in [0, 0.05) is 16.3 Å². The molecule has 4 heteroatoms.